The van der Waals surface area contributed by atoms with Crippen LogP contribution < -0.4 is 5.32 Å². The van der Waals surface area contributed by atoms with Gasteiger partial charge in [0.2, 0.25) is 0 Å². The van der Waals surface area contributed by atoms with Gasteiger partial charge in [-0.1, -0.05) is 33.8 Å². The predicted molar refractivity (Wildman–Crippen MR) is 86.4 cm³/mol. The van der Waals surface area contributed by atoms with E-state index in [4.69, 9.17) is 0 Å². The Morgan fingerprint density at radius 2 is 1.84 bits per heavy atom. The highest BCUT2D eigenvalue weighted by Crippen LogP contribution is 2.41. The Balaban J connectivity index is 2.46. The SMILES string of the molecule is C=CCCC(NCCC)C1CCC(C(C)(C)C)CC1. The van der Waals surface area contributed by atoms with Crippen molar-refractivity contribution in [3.8, 4) is 0 Å². The van der Waals surface area contributed by atoms with Crippen molar-refractivity contribution in [2.75, 3.05) is 6.54 Å². The standard InChI is InChI=1S/C18H35N/c1-6-8-9-17(19-14-7-2)15-10-12-16(13-11-15)18(3,4)5/h6,15-17,19H,1,7-14H2,2-5H3. The molecule has 1 N–H and O–H groups in total. The summed E-state index contributed by atoms with van der Waals surface area (Å²) in [7, 11) is 0. The maximum Gasteiger partial charge on any atom is 0.00982 e. The van der Waals surface area contributed by atoms with E-state index >= 15 is 0 Å². The van der Waals surface area contributed by atoms with E-state index in [2.05, 4.69) is 45.7 Å². The first-order valence-electron chi connectivity index (χ1n) is 8.33. The molecule has 19 heavy (non-hydrogen) atoms. The third-order valence-corrected chi connectivity index (χ3v) is 4.90. The molecule has 1 heteroatoms. The van der Waals surface area contributed by atoms with Crippen LogP contribution in [0.3, 0.4) is 0 Å². The fourth-order valence-corrected chi connectivity index (χ4v) is 3.52. The highest BCUT2D eigenvalue weighted by atomic mass is 14.9. The number of rotatable bonds is 7. The lowest BCUT2D eigenvalue weighted by Gasteiger charge is -2.39. The van der Waals surface area contributed by atoms with Crippen LogP contribution in [0.1, 0.15) is 72.6 Å². The summed E-state index contributed by atoms with van der Waals surface area (Å²) in [4.78, 5) is 0. The molecule has 1 aliphatic carbocycles. The average molecular weight is 265 g/mol. The quantitative estimate of drug-likeness (QED) is 0.626. The number of nitrogens with one attached hydrogen (secondary N) is 1. The highest BCUT2D eigenvalue weighted by molar-refractivity contribution is 4.87. The molecule has 0 aromatic rings. The van der Waals surface area contributed by atoms with E-state index in [0.29, 0.717) is 5.41 Å². The van der Waals surface area contributed by atoms with Crippen molar-refractivity contribution in [3.05, 3.63) is 12.7 Å². The maximum atomic E-state index is 3.87. The largest absolute Gasteiger partial charge is 0.314 e. The topological polar surface area (TPSA) is 12.0 Å². The van der Waals surface area contributed by atoms with E-state index in [1.165, 1.54) is 45.1 Å². The first kappa shape index (κ1) is 16.8. The molecule has 1 saturated carbocycles. The molecule has 112 valence electrons. The van der Waals surface area contributed by atoms with E-state index in [-0.39, 0.29) is 0 Å². The van der Waals surface area contributed by atoms with Gasteiger partial charge in [-0.2, -0.15) is 0 Å². The van der Waals surface area contributed by atoms with Crippen LogP contribution in [0.25, 0.3) is 0 Å². The van der Waals surface area contributed by atoms with Crippen molar-refractivity contribution < 1.29 is 0 Å². The molecule has 0 amide bonds. The second-order valence-corrected chi connectivity index (χ2v) is 7.40. The summed E-state index contributed by atoms with van der Waals surface area (Å²) in [5, 5.41) is 3.78. The Hall–Kier alpha value is -0.300. The molecule has 0 aliphatic heterocycles. The monoisotopic (exact) mass is 265 g/mol. The summed E-state index contributed by atoms with van der Waals surface area (Å²) in [6.45, 7) is 14.5. The van der Waals surface area contributed by atoms with Crippen LogP contribution in [0.4, 0.5) is 0 Å². The van der Waals surface area contributed by atoms with Gasteiger partial charge in [0.1, 0.15) is 0 Å². The van der Waals surface area contributed by atoms with Crippen LogP contribution in [0.5, 0.6) is 0 Å². The fourth-order valence-electron chi connectivity index (χ4n) is 3.52. The van der Waals surface area contributed by atoms with Gasteiger partial charge in [0.05, 0.1) is 0 Å². The van der Waals surface area contributed by atoms with Crippen LogP contribution in [0, 0.1) is 17.3 Å². The molecule has 0 aromatic heterocycles. The Morgan fingerprint density at radius 1 is 1.21 bits per heavy atom. The lowest BCUT2D eigenvalue weighted by atomic mass is 9.68. The number of hydrogen-bond donors (Lipinski definition) is 1. The van der Waals surface area contributed by atoms with Crippen LogP contribution >= 0.6 is 0 Å². The van der Waals surface area contributed by atoms with Gasteiger partial charge >= 0.3 is 0 Å². The smallest absolute Gasteiger partial charge is 0.00982 e. The van der Waals surface area contributed by atoms with E-state index in [0.717, 1.165) is 24.3 Å². The molecule has 1 fully saturated rings. The van der Waals surface area contributed by atoms with Crippen LogP contribution in [-0.4, -0.2) is 12.6 Å². The second-order valence-electron chi connectivity index (χ2n) is 7.40. The van der Waals surface area contributed by atoms with Crippen molar-refractivity contribution >= 4 is 0 Å². The zero-order valence-corrected chi connectivity index (χ0v) is 13.7. The van der Waals surface area contributed by atoms with Crippen LogP contribution in [0.2, 0.25) is 0 Å². The van der Waals surface area contributed by atoms with Gasteiger partial charge < -0.3 is 5.32 Å². The van der Waals surface area contributed by atoms with Crippen molar-refractivity contribution in [1.29, 1.82) is 0 Å². The van der Waals surface area contributed by atoms with Crippen molar-refractivity contribution in [3.63, 3.8) is 0 Å². The van der Waals surface area contributed by atoms with Gasteiger partial charge in [0.15, 0.2) is 0 Å². The summed E-state index contributed by atoms with van der Waals surface area (Å²) < 4.78 is 0. The molecule has 0 bridgehead atoms. The molecule has 0 heterocycles. The van der Waals surface area contributed by atoms with Gasteiger partial charge in [-0.3, -0.25) is 0 Å². The van der Waals surface area contributed by atoms with E-state index < -0.39 is 0 Å². The third kappa shape index (κ3) is 5.69. The Bertz CT molecular complexity index is 243. The van der Waals surface area contributed by atoms with Crippen molar-refractivity contribution in [1.82, 2.24) is 5.32 Å². The maximum absolute atomic E-state index is 3.87. The molecule has 1 atom stereocenters. The minimum absolute atomic E-state index is 0.498. The molecule has 1 aliphatic rings. The molecule has 1 nitrogen and oxygen atoms in total. The van der Waals surface area contributed by atoms with Gasteiger partial charge in [-0.25, -0.2) is 0 Å². The second kappa shape index (κ2) is 8.09. The predicted octanol–water partition coefficient (Wildman–Crippen LogP) is 5.17. The average Bonchev–Trinajstić information content (AvgIpc) is 2.38. The van der Waals surface area contributed by atoms with Crippen LogP contribution in [-0.2, 0) is 0 Å². The van der Waals surface area contributed by atoms with Gasteiger partial charge in [0, 0.05) is 6.04 Å². The van der Waals surface area contributed by atoms with E-state index in [1.807, 2.05) is 0 Å². The summed E-state index contributed by atoms with van der Waals surface area (Å²) in [5.41, 5.74) is 0.498. The molecule has 0 saturated heterocycles. The normalized spacial score (nSPS) is 26.1. The molecule has 0 aromatic carbocycles. The summed E-state index contributed by atoms with van der Waals surface area (Å²) in [5.74, 6) is 1.82. The van der Waals surface area contributed by atoms with E-state index in [9.17, 15) is 0 Å². The number of allylic oxidation sites excluding steroid dienone is 1. The minimum atomic E-state index is 0.498. The minimum Gasteiger partial charge on any atom is -0.314 e. The first-order valence-corrected chi connectivity index (χ1v) is 8.33. The highest BCUT2D eigenvalue weighted by Gasteiger charge is 2.32. The van der Waals surface area contributed by atoms with E-state index in [1.54, 1.807) is 0 Å². The first-order chi connectivity index (χ1) is 8.99. The van der Waals surface area contributed by atoms with Crippen molar-refractivity contribution in [2.45, 2.75) is 78.7 Å². The molecular weight excluding hydrogens is 230 g/mol. The van der Waals surface area contributed by atoms with Crippen molar-refractivity contribution in [2.24, 2.45) is 17.3 Å². The Morgan fingerprint density at radius 3 is 2.32 bits per heavy atom. The molecule has 0 radical (unpaired) electrons. The molecule has 0 spiro atoms. The molecule has 1 unspecified atom stereocenters. The molecular formula is C18H35N. The summed E-state index contributed by atoms with van der Waals surface area (Å²) in [6.07, 6.45) is 11.4. The molecule has 1 rings (SSSR count). The Labute approximate surface area is 121 Å². The lowest BCUT2D eigenvalue weighted by molar-refractivity contribution is 0.130. The van der Waals surface area contributed by atoms with Gasteiger partial charge in [-0.15, -0.1) is 6.58 Å². The third-order valence-electron chi connectivity index (χ3n) is 4.90. The fraction of sp³-hybridized carbons (Fsp3) is 0.889. The Kier molecular flexibility index (Phi) is 7.13. The number of hydrogen-bond acceptors (Lipinski definition) is 1. The zero-order chi connectivity index (χ0) is 14.3. The van der Waals surface area contributed by atoms with Gasteiger partial charge in [-0.05, 0) is 68.7 Å². The van der Waals surface area contributed by atoms with Crippen LogP contribution in [0.15, 0.2) is 12.7 Å². The summed E-state index contributed by atoms with van der Waals surface area (Å²) in [6, 6.07) is 0.721. The summed E-state index contributed by atoms with van der Waals surface area (Å²) >= 11 is 0. The zero-order valence-electron chi connectivity index (χ0n) is 13.7. The lowest BCUT2D eigenvalue weighted by Crippen LogP contribution is -2.39. The van der Waals surface area contributed by atoms with Gasteiger partial charge in [0.25, 0.3) is 0 Å².